The molecule has 0 aromatic rings. The van der Waals surface area contributed by atoms with Crippen molar-refractivity contribution in [3.05, 3.63) is 0 Å². The van der Waals surface area contributed by atoms with E-state index < -0.39 is 0 Å². The van der Waals surface area contributed by atoms with Gasteiger partial charge >= 0.3 is 0 Å². The molecule has 0 atom stereocenters. The van der Waals surface area contributed by atoms with Crippen LogP contribution in [0.5, 0.6) is 0 Å². The summed E-state index contributed by atoms with van der Waals surface area (Å²) in [6.45, 7) is 4.43. The van der Waals surface area contributed by atoms with Gasteiger partial charge in [0.05, 0.1) is 6.54 Å². The molecule has 0 unspecified atom stereocenters. The lowest BCUT2D eigenvalue weighted by Crippen LogP contribution is -2.44. The zero-order valence-corrected chi connectivity index (χ0v) is 10.5. The number of nitrogens with one attached hydrogen (secondary N) is 1. The summed E-state index contributed by atoms with van der Waals surface area (Å²) in [5, 5.41) is 2.93. The van der Waals surface area contributed by atoms with E-state index in [1.54, 1.807) is 0 Å². The van der Waals surface area contributed by atoms with Gasteiger partial charge in [0.1, 0.15) is 0 Å². The summed E-state index contributed by atoms with van der Waals surface area (Å²) >= 11 is 0. The standard InChI is InChI=1S/C12H25N3O/c1-3-4-5-14-12(16)9-15(2)8-10-6-11(13)7-10/h10-11H,3-9,13H2,1-2H3,(H,14,16). The Balaban J connectivity index is 2.04. The molecule has 16 heavy (non-hydrogen) atoms. The van der Waals surface area contributed by atoms with Gasteiger partial charge in [0.15, 0.2) is 0 Å². The van der Waals surface area contributed by atoms with E-state index >= 15 is 0 Å². The molecule has 1 amide bonds. The van der Waals surface area contributed by atoms with Crippen LogP contribution in [0.15, 0.2) is 0 Å². The molecule has 4 nitrogen and oxygen atoms in total. The highest BCUT2D eigenvalue weighted by molar-refractivity contribution is 5.77. The van der Waals surface area contributed by atoms with Crippen LogP contribution in [0.1, 0.15) is 32.6 Å². The SMILES string of the molecule is CCCCNC(=O)CN(C)CC1CC(N)C1. The summed E-state index contributed by atoms with van der Waals surface area (Å²) in [6.07, 6.45) is 4.41. The van der Waals surface area contributed by atoms with Gasteiger partial charge in [-0.1, -0.05) is 13.3 Å². The number of carbonyl (C=O) groups excluding carboxylic acids is 1. The topological polar surface area (TPSA) is 58.4 Å². The van der Waals surface area contributed by atoms with Crippen LogP contribution < -0.4 is 11.1 Å². The maximum absolute atomic E-state index is 11.5. The predicted molar refractivity (Wildman–Crippen MR) is 66.1 cm³/mol. The molecule has 4 heteroatoms. The van der Waals surface area contributed by atoms with Gasteiger partial charge < -0.3 is 11.1 Å². The molecule has 0 aromatic carbocycles. The lowest BCUT2D eigenvalue weighted by Gasteiger charge is -2.35. The van der Waals surface area contributed by atoms with Crippen molar-refractivity contribution < 1.29 is 4.79 Å². The van der Waals surface area contributed by atoms with E-state index in [-0.39, 0.29) is 5.91 Å². The average molecular weight is 227 g/mol. The Morgan fingerprint density at radius 3 is 2.75 bits per heavy atom. The molecule has 1 saturated carbocycles. The van der Waals surface area contributed by atoms with Gasteiger partial charge in [-0.25, -0.2) is 0 Å². The minimum absolute atomic E-state index is 0.138. The van der Waals surface area contributed by atoms with E-state index in [1.807, 2.05) is 7.05 Å². The largest absolute Gasteiger partial charge is 0.355 e. The van der Waals surface area contributed by atoms with Crippen LogP contribution in [0, 0.1) is 5.92 Å². The fraction of sp³-hybridized carbons (Fsp3) is 0.917. The summed E-state index contributed by atoms with van der Waals surface area (Å²) in [7, 11) is 2.00. The molecule has 0 heterocycles. The summed E-state index contributed by atoms with van der Waals surface area (Å²) in [5.41, 5.74) is 5.73. The molecule has 0 bridgehead atoms. The molecular formula is C12H25N3O. The Hall–Kier alpha value is -0.610. The first-order valence-electron chi connectivity index (χ1n) is 6.32. The maximum Gasteiger partial charge on any atom is 0.234 e. The van der Waals surface area contributed by atoms with Crippen molar-refractivity contribution in [2.75, 3.05) is 26.7 Å². The second-order valence-electron chi connectivity index (χ2n) is 5.00. The molecular weight excluding hydrogens is 202 g/mol. The van der Waals surface area contributed by atoms with Gasteiger partial charge in [0.25, 0.3) is 0 Å². The van der Waals surface area contributed by atoms with E-state index in [0.29, 0.717) is 18.5 Å². The van der Waals surface area contributed by atoms with Gasteiger partial charge in [-0.2, -0.15) is 0 Å². The van der Waals surface area contributed by atoms with Crippen molar-refractivity contribution in [3.8, 4) is 0 Å². The number of hydrogen-bond acceptors (Lipinski definition) is 3. The summed E-state index contributed by atoms with van der Waals surface area (Å²) < 4.78 is 0. The highest BCUT2D eigenvalue weighted by Gasteiger charge is 2.26. The third kappa shape index (κ3) is 4.94. The molecule has 1 aliphatic carbocycles. The Morgan fingerprint density at radius 2 is 2.19 bits per heavy atom. The minimum atomic E-state index is 0.138. The first-order chi connectivity index (χ1) is 7.61. The van der Waals surface area contributed by atoms with Crippen molar-refractivity contribution in [1.82, 2.24) is 10.2 Å². The van der Waals surface area contributed by atoms with Gasteiger partial charge in [0.2, 0.25) is 5.91 Å². The number of rotatable bonds is 7. The van der Waals surface area contributed by atoms with E-state index in [1.165, 1.54) is 0 Å². The van der Waals surface area contributed by atoms with Crippen LogP contribution in [0.3, 0.4) is 0 Å². The fourth-order valence-electron chi connectivity index (χ4n) is 2.15. The number of likely N-dealkylation sites (N-methyl/N-ethyl adjacent to an activating group) is 1. The quantitative estimate of drug-likeness (QED) is 0.625. The molecule has 94 valence electrons. The first kappa shape index (κ1) is 13.5. The van der Waals surface area contributed by atoms with Crippen molar-refractivity contribution in [1.29, 1.82) is 0 Å². The second-order valence-corrected chi connectivity index (χ2v) is 5.00. The van der Waals surface area contributed by atoms with Crippen LogP contribution >= 0.6 is 0 Å². The molecule has 1 fully saturated rings. The smallest absolute Gasteiger partial charge is 0.234 e. The van der Waals surface area contributed by atoms with E-state index in [0.717, 1.165) is 38.8 Å². The predicted octanol–water partition coefficient (Wildman–Crippen LogP) is 0.572. The van der Waals surface area contributed by atoms with Crippen molar-refractivity contribution in [3.63, 3.8) is 0 Å². The van der Waals surface area contributed by atoms with E-state index in [2.05, 4.69) is 17.1 Å². The van der Waals surface area contributed by atoms with Gasteiger partial charge in [-0.05, 0) is 32.2 Å². The van der Waals surface area contributed by atoms with Crippen LogP contribution in [0.4, 0.5) is 0 Å². The Bertz CT molecular complexity index is 214. The van der Waals surface area contributed by atoms with E-state index in [4.69, 9.17) is 5.73 Å². The van der Waals surface area contributed by atoms with Crippen LogP contribution in [0.2, 0.25) is 0 Å². The van der Waals surface area contributed by atoms with Crippen molar-refractivity contribution in [2.24, 2.45) is 11.7 Å². The van der Waals surface area contributed by atoms with Gasteiger partial charge in [-0.15, -0.1) is 0 Å². The molecule has 0 radical (unpaired) electrons. The molecule has 1 rings (SSSR count). The highest BCUT2D eigenvalue weighted by atomic mass is 16.2. The number of amides is 1. The molecule has 0 aromatic heterocycles. The third-order valence-corrected chi connectivity index (χ3v) is 3.11. The molecule has 0 spiro atoms. The Morgan fingerprint density at radius 1 is 1.50 bits per heavy atom. The summed E-state index contributed by atoms with van der Waals surface area (Å²) in [6, 6.07) is 0.400. The molecule has 0 aliphatic heterocycles. The lowest BCUT2D eigenvalue weighted by molar-refractivity contribution is -0.122. The van der Waals surface area contributed by atoms with Gasteiger partial charge in [-0.3, -0.25) is 9.69 Å². The van der Waals surface area contributed by atoms with Crippen LogP contribution in [-0.2, 0) is 4.79 Å². The number of hydrogen-bond donors (Lipinski definition) is 2. The van der Waals surface area contributed by atoms with Crippen LogP contribution in [-0.4, -0.2) is 43.5 Å². The van der Waals surface area contributed by atoms with Crippen LogP contribution in [0.25, 0.3) is 0 Å². The fourth-order valence-corrected chi connectivity index (χ4v) is 2.15. The minimum Gasteiger partial charge on any atom is -0.355 e. The Kier molecular flexibility index (Phi) is 5.77. The third-order valence-electron chi connectivity index (χ3n) is 3.11. The normalized spacial score (nSPS) is 24.2. The van der Waals surface area contributed by atoms with E-state index in [9.17, 15) is 4.79 Å². The summed E-state index contributed by atoms with van der Waals surface area (Å²) in [4.78, 5) is 13.6. The first-order valence-corrected chi connectivity index (χ1v) is 6.32. The number of nitrogens with zero attached hydrogens (tertiary/aromatic N) is 1. The maximum atomic E-state index is 11.5. The zero-order valence-electron chi connectivity index (χ0n) is 10.5. The van der Waals surface area contributed by atoms with Crippen molar-refractivity contribution in [2.45, 2.75) is 38.6 Å². The zero-order chi connectivity index (χ0) is 12.0. The second kappa shape index (κ2) is 6.86. The summed E-state index contributed by atoms with van der Waals surface area (Å²) in [5.74, 6) is 0.836. The highest BCUT2D eigenvalue weighted by Crippen LogP contribution is 2.25. The average Bonchev–Trinajstić information content (AvgIpc) is 2.15. The van der Waals surface area contributed by atoms with Gasteiger partial charge in [0, 0.05) is 19.1 Å². The molecule has 3 N–H and O–H groups in total. The molecule has 1 aliphatic rings. The number of carbonyl (C=O) groups is 1. The lowest BCUT2D eigenvalue weighted by atomic mass is 9.81. The molecule has 0 saturated heterocycles. The Labute approximate surface area is 98.6 Å². The number of unbranched alkanes of at least 4 members (excludes halogenated alkanes) is 1. The number of nitrogens with two attached hydrogens (primary N) is 1. The van der Waals surface area contributed by atoms with Crippen molar-refractivity contribution >= 4 is 5.91 Å². The monoisotopic (exact) mass is 227 g/mol.